The largest absolute Gasteiger partial charge is 0.463 e. The number of carbonyl (C=O) groups excluding carboxylic acids is 2. The molecule has 0 aromatic heterocycles. The fourth-order valence-electron chi connectivity index (χ4n) is 1.66. The zero-order valence-corrected chi connectivity index (χ0v) is 12.6. The van der Waals surface area contributed by atoms with Gasteiger partial charge in [0.15, 0.2) is 0 Å². The van der Waals surface area contributed by atoms with Gasteiger partial charge in [-0.1, -0.05) is 6.07 Å². The third-order valence-electron chi connectivity index (χ3n) is 2.61. The van der Waals surface area contributed by atoms with Crippen molar-refractivity contribution < 1.29 is 31.9 Å². The van der Waals surface area contributed by atoms with Gasteiger partial charge in [-0.25, -0.2) is 9.18 Å². The van der Waals surface area contributed by atoms with Crippen molar-refractivity contribution in [2.75, 3.05) is 17.8 Å². The van der Waals surface area contributed by atoms with E-state index in [2.05, 4.69) is 4.74 Å². The second-order valence-electron chi connectivity index (χ2n) is 4.29. The molecular weight excluding hydrogens is 344 g/mol. The van der Waals surface area contributed by atoms with Gasteiger partial charge in [-0.3, -0.25) is 4.79 Å². The van der Waals surface area contributed by atoms with Crippen LogP contribution in [0.2, 0.25) is 0 Å². The van der Waals surface area contributed by atoms with Crippen LogP contribution in [-0.4, -0.2) is 36.2 Å². The van der Waals surface area contributed by atoms with Crippen molar-refractivity contribution in [3.63, 3.8) is 0 Å². The van der Waals surface area contributed by atoms with Crippen molar-refractivity contribution in [1.82, 2.24) is 5.32 Å². The molecule has 0 bridgehead atoms. The number of halogens is 5. The summed E-state index contributed by atoms with van der Waals surface area (Å²) in [4.78, 5) is 23.3. The maximum absolute atomic E-state index is 13.5. The predicted molar refractivity (Wildman–Crippen MR) is 74.3 cm³/mol. The third kappa shape index (κ3) is 4.47. The van der Waals surface area contributed by atoms with E-state index in [9.17, 15) is 27.2 Å². The van der Waals surface area contributed by atoms with Gasteiger partial charge >= 0.3 is 17.8 Å². The zero-order valence-electron chi connectivity index (χ0n) is 11.8. The number of rotatable bonds is 6. The highest BCUT2D eigenvalue weighted by Crippen LogP contribution is 2.33. The minimum absolute atomic E-state index is 0.363. The molecule has 0 saturated heterocycles. The molecule has 0 radical (unpaired) electrons. The average molecular weight is 357 g/mol. The molecule has 128 valence electrons. The van der Waals surface area contributed by atoms with Gasteiger partial charge in [0.25, 0.3) is 0 Å². The summed E-state index contributed by atoms with van der Waals surface area (Å²) in [5.41, 5.74) is -3.98. The van der Waals surface area contributed by atoms with E-state index in [1.807, 2.05) is 0 Å². The van der Waals surface area contributed by atoms with Crippen LogP contribution in [0.25, 0.3) is 0 Å². The molecule has 0 fully saturated rings. The fourth-order valence-corrected chi connectivity index (χ4v) is 1.72. The Bertz CT molecular complexity index is 583. The second kappa shape index (κ2) is 7.49. The van der Waals surface area contributed by atoms with Crippen LogP contribution in [0, 0.1) is 5.82 Å². The number of hydrogen-bond acceptors (Lipinski definition) is 4. The van der Waals surface area contributed by atoms with E-state index in [1.54, 1.807) is 5.32 Å². The molecule has 1 amide bonds. The Kier molecular flexibility index (Phi) is 6.20. The summed E-state index contributed by atoms with van der Waals surface area (Å²) < 4.78 is 58.1. The molecule has 1 aromatic carbocycles. The SMILES string of the molecule is CCOC(=O)C(NC(=O)CCl)(Nc1cccc(F)c1)C(F)(F)F. The lowest BCUT2D eigenvalue weighted by Gasteiger charge is -2.35. The molecule has 0 saturated carbocycles. The highest BCUT2D eigenvalue weighted by atomic mass is 35.5. The smallest absolute Gasteiger partial charge is 0.441 e. The van der Waals surface area contributed by atoms with Gasteiger partial charge in [-0.15, -0.1) is 11.6 Å². The highest BCUT2D eigenvalue weighted by molar-refractivity contribution is 6.27. The lowest BCUT2D eigenvalue weighted by atomic mass is 10.1. The van der Waals surface area contributed by atoms with E-state index in [0.29, 0.717) is 0 Å². The van der Waals surface area contributed by atoms with Crippen LogP contribution in [0.5, 0.6) is 0 Å². The summed E-state index contributed by atoms with van der Waals surface area (Å²) in [5.74, 6) is -4.71. The molecule has 10 heteroatoms. The van der Waals surface area contributed by atoms with Gasteiger partial charge in [-0.05, 0) is 25.1 Å². The topological polar surface area (TPSA) is 67.4 Å². The summed E-state index contributed by atoms with van der Waals surface area (Å²) >= 11 is 5.20. The molecule has 1 atom stereocenters. The van der Waals surface area contributed by atoms with Crippen LogP contribution in [0.3, 0.4) is 0 Å². The lowest BCUT2D eigenvalue weighted by molar-refractivity contribution is -0.207. The second-order valence-corrected chi connectivity index (χ2v) is 4.55. The maximum Gasteiger partial charge on any atom is 0.441 e. The van der Waals surface area contributed by atoms with Gasteiger partial charge < -0.3 is 15.4 Å². The molecule has 1 unspecified atom stereocenters. The number of hydrogen-bond donors (Lipinski definition) is 2. The molecule has 0 aliphatic heterocycles. The van der Waals surface area contributed by atoms with Crippen molar-refractivity contribution in [1.29, 1.82) is 0 Å². The Hall–Kier alpha value is -2.03. The standard InChI is InChI=1S/C13H13ClF4N2O3/c1-2-23-11(22)12(13(16,17)18,20-10(21)7-14)19-9-5-3-4-8(15)6-9/h3-6,19H,2,7H2,1H3,(H,20,21). The van der Waals surface area contributed by atoms with E-state index in [0.717, 1.165) is 24.3 Å². The third-order valence-corrected chi connectivity index (χ3v) is 2.85. The van der Waals surface area contributed by atoms with Gasteiger partial charge in [0.05, 0.1) is 6.61 Å². The minimum Gasteiger partial charge on any atom is -0.463 e. The molecule has 1 rings (SSSR count). The van der Waals surface area contributed by atoms with Gasteiger partial charge in [0.2, 0.25) is 5.91 Å². The maximum atomic E-state index is 13.5. The summed E-state index contributed by atoms with van der Waals surface area (Å²) in [6.45, 7) is 0.933. The Labute approximate surface area is 133 Å². The molecule has 1 aromatic rings. The molecule has 0 heterocycles. The van der Waals surface area contributed by atoms with Crippen molar-refractivity contribution in [2.45, 2.75) is 18.8 Å². The van der Waals surface area contributed by atoms with Crippen molar-refractivity contribution in [3.05, 3.63) is 30.1 Å². The van der Waals surface area contributed by atoms with Gasteiger partial charge in [0, 0.05) is 5.69 Å². The number of anilines is 1. The van der Waals surface area contributed by atoms with E-state index >= 15 is 0 Å². The summed E-state index contributed by atoms with van der Waals surface area (Å²) in [6.07, 6.45) is -5.28. The Morgan fingerprint density at radius 2 is 1.96 bits per heavy atom. The first-order chi connectivity index (χ1) is 10.7. The summed E-state index contributed by atoms with van der Waals surface area (Å²) in [5, 5.41) is 3.26. The molecule has 5 nitrogen and oxygen atoms in total. The monoisotopic (exact) mass is 356 g/mol. The summed E-state index contributed by atoms with van der Waals surface area (Å²) in [6, 6.07) is 3.96. The number of alkyl halides is 4. The number of benzene rings is 1. The average Bonchev–Trinajstić information content (AvgIpc) is 2.45. The first-order valence-corrected chi connectivity index (χ1v) is 6.84. The minimum atomic E-state index is -5.28. The number of nitrogens with one attached hydrogen (secondary N) is 2. The van der Waals surface area contributed by atoms with Crippen LogP contribution >= 0.6 is 11.6 Å². The Morgan fingerprint density at radius 1 is 1.30 bits per heavy atom. The Balaban J connectivity index is 3.36. The number of carbonyl (C=O) groups is 2. The van der Waals surface area contributed by atoms with Gasteiger partial charge in [0.1, 0.15) is 11.7 Å². The fraction of sp³-hybridized carbons (Fsp3) is 0.385. The van der Waals surface area contributed by atoms with Crippen LogP contribution < -0.4 is 10.6 Å². The normalized spacial score (nSPS) is 13.8. The van der Waals surface area contributed by atoms with E-state index < -0.39 is 35.4 Å². The zero-order chi connectivity index (χ0) is 17.7. The molecule has 23 heavy (non-hydrogen) atoms. The van der Waals surface area contributed by atoms with Crippen LogP contribution in [0.4, 0.5) is 23.2 Å². The number of amides is 1. The first kappa shape index (κ1) is 19.0. The molecule has 0 spiro atoms. The first-order valence-electron chi connectivity index (χ1n) is 6.31. The van der Waals surface area contributed by atoms with E-state index in [1.165, 1.54) is 12.2 Å². The molecule has 0 aliphatic rings. The van der Waals surface area contributed by atoms with Crippen molar-refractivity contribution >= 4 is 29.2 Å². The lowest BCUT2D eigenvalue weighted by Crippen LogP contribution is -2.69. The van der Waals surface area contributed by atoms with Crippen LogP contribution in [0.1, 0.15) is 6.92 Å². The quantitative estimate of drug-likeness (QED) is 0.355. The molecule has 2 N–H and O–H groups in total. The molecular formula is C13H13ClF4N2O3. The van der Waals surface area contributed by atoms with Gasteiger partial charge in [-0.2, -0.15) is 13.2 Å². The summed E-state index contributed by atoms with van der Waals surface area (Å²) in [7, 11) is 0. The van der Waals surface area contributed by atoms with Crippen molar-refractivity contribution in [2.24, 2.45) is 0 Å². The predicted octanol–water partition coefficient (Wildman–Crippen LogP) is 2.41. The highest BCUT2D eigenvalue weighted by Gasteiger charge is 2.63. The van der Waals surface area contributed by atoms with Crippen LogP contribution in [-0.2, 0) is 14.3 Å². The van der Waals surface area contributed by atoms with Crippen molar-refractivity contribution in [3.8, 4) is 0 Å². The van der Waals surface area contributed by atoms with Crippen LogP contribution in [0.15, 0.2) is 24.3 Å². The number of ether oxygens (including phenoxy) is 1. The van der Waals surface area contributed by atoms with E-state index in [-0.39, 0.29) is 12.3 Å². The molecule has 0 aliphatic carbocycles. The van der Waals surface area contributed by atoms with E-state index in [4.69, 9.17) is 11.6 Å². The Morgan fingerprint density at radius 3 is 2.43 bits per heavy atom. The number of esters is 1.